The molecule has 0 aliphatic carbocycles. The van der Waals surface area contributed by atoms with Crippen LogP contribution in [0.25, 0.3) is 0 Å². The molecule has 0 N–H and O–H groups in total. The van der Waals surface area contributed by atoms with Crippen LogP contribution in [0.1, 0.15) is 15.9 Å². The number of nitriles is 1. The van der Waals surface area contributed by atoms with Crippen LogP contribution in [-0.2, 0) is 19.1 Å². The van der Waals surface area contributed by atoms with Crippen LogP contribution < -0.4 is 4.90 Å². The van der Waals surface area contributed by atoms with E-state index in [1.807, 2.05) is 6.07 Å². The van der Waals surface area contributed by atoms with Crippen LogP contribution in [0.15, 0.2) is 53.9 Å². The highest BCUT2D eigenvalue weighted by molar-refractivity contribution is 6.05. The summed E-state index contributed by atoms with van der Waals surface area (Å²) in [6.07, 6.45) is 6.69. The van der Waals surface area contributed by atoms with Crippen LogP contribution in [-0.4, -0.2) is 32.4 Å². The predicted octanol–water partition coefficient (Wildman–Crippen LogP) is 1.86. The fourth-order valence-electron chi connectivity index (χ4n) is 2.28. The Balaban J connectivity index is 2.73. The number of ether oxygens (including phenoxy) is 2. The monoisotopic (exact) mass is 338 g/mol. The highest BCUT2D eigenvalue weighted by atomic mass is 16.5. The molecule has 1 aromatic carbocycles. The fourth-order valence-corrected chi connectivity index (χ4v) is 2.28. The largest absolute Gasteiger partial charge is 0.465 e. The molecular formula is C18H14N2O5. The number of benzene rings is 1. The zero-order valence-electron chi connectivity index (χ0n) is 13.6. The molecule has 0 spiro atoms. The van der Waals surface area contributed by atoms with Crippen molar-refractivity contribution >= 4 is 23.9 Å². The minimum absolute atomic E-state index is 0.0253. The predicted molar refractivity (Wildman–Crippen MR) is 88.4 cm³/mol. The minimum atomic E-state index is -0.778. The number of rotatable bonds is 4. The molecule has 0 atom stereocenters. The third-order valence-electron chi connectivity index (χ3n) is 3.43. The van der Waals surface area contributed by atoms with E-state index in [1.165, 1.54) is 49.6 Å². The van der Waals surface area contributed by atoms with Gasteiger partial charge in [-0.3, -0.25) is 4.79 Å². The van der Waals surface area contributed by atoms with Crippen molar-refractivity contribution in [3.8, 4) is 6.07 Å². The number of methoxy groups -OCH3 is 2. The molecule has 126 valence electrons. The average Bonchev–Trinajstić information content (AvgIpc) is 2.88. The maximum atomic E-state index is 12.3. The number of esters is 2. The first-order chi connectivity index (χ1) is 12.1. The van der Waals surface area contributed by atoms with Gasteiger partial charge in [0.2, 0.25) is 0 Å². The van der Waals surface area contributed by atoms with E-state index < -0.39 is 11.9 Å². The standard InChI is InChI=1S/C18H14N2O5/c1-24-17(22)14-5-3-4-8-20(16(14)18(23)25-2)15-7-6-12(11-21)9-13(15)10-19/h3-9,11H,1-2H3. The molecule has 0 saturated heterocycles. The van der Waals surface area contributed by atoms with E-state index in [0.29, 0.717) is 17.5 Å². The Bertz CT molecular complexity index is 859. The third kappa shape index (κ3) is 3.48. The highest BCUT2D eigenvalue weighted by Gasteiger charge is 2.28. The lowest BCUT2D eigenvalue weighted by molar-refractivity contribution is -0.139. The van der Waals surface area contributed by atoms with Crippen molar-refractivity contribution in [3.05, 3.63) is 65.0 Å². The first-order valence-corrected chi connectivity index (χ1v) is 7.11. The zero-order chi connectivity index (χ0) is 18.4. The molecule has 25 heavy (non-hydrogen) atoms. The smallest absolute Gasteiger partial charge is 0.355 e. The van der Waals surface area contributed by atoms with Gasteiger partial charge in [0.05, 0.1) is 31.0 Å². The van der Waals surface area contributed by atoms with Crippen LogP contribution in [0.2, 0.25) is 0 Å². The molecule has 0 radical (unpaired) electrons. The SMILES string of the molecule is COC(=O)C1=C(C(=O)OC)N(c2ccc(C=O)cc2C#N)C=CC=C1. The molecule has 0 unspecified atom stereocenters. The van der Waals surface area contributed by atoms with Crippen molar-refractivity contribution in [3.63, 3.8) is 0 Å². The zero-order valence-corrected chi connectivity index (χ0v) is 13.6. The topological polar surface area (TPSA) is 96.7 Å². The first kappa shape index (κ1) is 17.7. The molecule has 7 heteroatoms. The van der Waals surface area contributed by atoms with Gasteiger partial charge in [-0.15, -0.1) is 0 Å². The number of carbonyl (C=O) groups is 3. The number of hydrogen-bond acceptors (Lipinski definition) is 7. The summed E-state index contributed by atoms with van der Waals surface area (Å²) in [6, 6.07) is 6.38. The van der Waals surface area contributed by atoms with E-state index in [1.54, 1.807) is 12.2 Å². The number of allylic oxidation sites excluding steroid dienone is 2. The second-order valence-corrected chi connectivity index (χ2v) is 4.82. The molecule has 0 saturated carbocycles. The number of nitrogens with zero attached hydrogens (tertiary/aromatic N) is 2. The van der Waals surface area contributed by atoms with Crippen molar-refractivity contribution in [1.29, 1.82) is 5.26 Å². The second kappa shape index (κ2) is 7.75. The summed E-state index contributed by atoms with van der Waals surface area (Å²) in [4.78, 5) is 36.7. The molecule has 2 rings (SSSR count). The molecule has 1 aliphatic heterocycles. The van der Waals surface area contributed by atoms with Gasteiger partial charge < -0.3 is 14.4 Å². The maximum Gasteiger partial charge on any atom is 0.355 e. The normalized spacial score (nSPS) is 13.1. The van der Waals surface area contributed by atoms with Crippen molar-refractivity contribution < 1.29 is 23.9 Å². The number of carbonyl (C=O) groups excluding carboxylic acids is 3. The van der Waals surface area contributed by atoms with Gasteiger partial charge in [0, 0.05) is 11.8 Å². The van der Waals surface area contributed by atoms with Crippen molar-refractivity contribution in [1.82, 2.24) is 0 Å². The van der Waals surface area contributed by atoms with Crippen molar-refractivity contribution in [2.45, 2.75) is 0 Å². The molecule has 0 bridgehead atoms. The van der Waals surface area contributed by atoms with Gasteiger partial charge in [0.25, 0.3) is 0 Å². The molecule has 0 aromatic heterocycles. The van der Waals surface area contributed by atoms with E-state index >= 15 is 0 Å². The molecule has 1 aromatic rings. The Morgan fingerprint density at radius 3 is 2.48 bits per heavy atom. The minimum Gasteiger partial charge on any atom is -0.465 e. The Labute approximate surface area is 144 Å². The summed E-state index contributed by atoms with van der Waals surface area (Å²) in [7, 11) is 2.38. The van der Waals surface area contributed by atoms with Gasteiger partial charge in [-0.25, -0.2) is 9.59 Å². The summed E-state index contributed by atoms with van der Waals surface area (Å²) in [6.45, 7) is 0. The Morgan fingerprint density at radius 1 is 1.16 bits per heavy atom. The van der Waals surface area contributed by atoms with Crippen molar-refractivity contribution in [2.24, 2.45) is 0 Å². The average molecular weight is 338 g/mol. The van der Waals surface area contributed by atoms with Crippen LogP contribution in [0.4, 0.5) is 5.69 Å². The number of aldehydes is 1. The van der Waals surface area contributed by atoms with Crippen LogP contribution in [0, 0.1) is 11.3 Å². The lowest BCUT2D eigenvalue weighted by Gasteiger charge is -2.24. The fraction of sp³-hybridized carbons (Fsp3) is 0.111. The highest BCUT2D eigenvalue weighted by Crippen LogP contribution is 2.29. The third-order valence-corrected chi connectivity index (χ3v) is 3.43. The molecule has 1 heterocycles. The second-order valence-electron chi connectivity index (χ2n) is 4.82. The lowest BCUT2D eigenvalue weighted by Crippen LogP contribution is -2.27. The van der Waals surface area contributed by atoms with Gasteiger partial charge in [-0.2, -0.15) is 5.26 Å². The first-order valence-electron chi connectivity index (χ1n) is 7.11. The number of anilines is 1. The van der Waals surface area contributed by atoms with E-state index in [4.69, 9.17) is 9.47 Å². The summed E-state index contributed by atoms with van der Waals surface area (Å²) >= 11 is 0. The van der Waals surface area contributed by atoms with E-state index in [-0.39, 0.29) is 16.8 Å². The van der Waals surface area contributed by atoms with E-state index in [9.17, 15) is 19.6 Å². The van der Waals surface area contributed by atoms with Gasteiger partial charge in [0.1, 0.15) is 18.1 Å². The quantitative estimate of drug-likeness (QED) is 0.610. The van der Waals surface area contributed by atoms with Crippen LogP contribution >= 0.6 is 0 Å². The lowest BCUT2D eigenvalue weighted by atomic mass is 10.1. The van der Waals surface area contributed by atoms with Crippen LogP contribution in [0.3, 0.4) is 0 Å². The maximum absolute atomic E-state index is 12.3. The van der Waals surface area contributed by atoms with Crippen LogP contribution in [0.5, 0.6) is 0 Å². The van der Waals surface area contributed by atoms with Crippen molar-refractivity contribution in [2.75, 3.05) is 19.1 Å². The summed E-state index contributed by atoms with van der Waals surface area (Å²) < 4.78 is 9.51. The molecule has 0 fully saturated rings. The summed E-state index contributed by atoms with van der Waals surface area (Å²) in [5.74, 6) is -1.51. The van der Waals surface area contributed by atoms with E-state index in [0.717, 1.165) is 0 Å². The molecule has 0 amide bonds. The summed E-state index contributed by atoms with van der Waals surface area (Å²) in [5, 5.41) is 9.39. The molecular weight excluding hydrogens is 324 g/mol. The Morgan fingerprint density at radius 2 is 1.88 bits per heavy atom. The summed E-state index contributed by atoms with van der Waals surface area (Å²) in [5.41, 5.74) is 0.656. The van der Waals surface area contributed by atoms with E-state index in [2.05, 4.69) is 0 Å². The Hall–Kier alpha value is -3.66. The number of hydrogen-bond donors (Lipinski definition) is 0. The molecule has 1 aliphatic rings. The Kier molecular flexibility index (Phi) is 5.48. The van der Waals surface area contributed by atoms with Gasteiger partial charge in [-0.1, -0.05) is 6.08 Å². The van der Waals surface area contributed by atoms with Gasteiger partial charge in [0.15, 0.2) is 0 Å². The molecule has 7 nitrogen and oxygen atoms in total. The van der Waals surface area contributed by atoms with Gasteiger partial charge in [-0.05, 0) is 30.4 Å². The van der Waals surface area contributed by atoms with Gasteiger partial charge >= 0.3 is 11.9 Å².